The van der Waals surface area contributed by atoms with Crippen molar-refractivity contribution in [2.45, 2.75) is 232 Å². The Balaban J connectivity index is 2.02. The molecule has 0 aliphatic heterocycles. The Morgan fingerprint density at radius 3 is 1.06 bits per heavy atom. The van der Waals surface area contributed by atoms with E-state index in [2.05, 4.69) is 24.5 Å². The number of rotatable bonds is 36. The number of hydrogen-bond acceptors (Lipinski definition) is 4. The summed E-state index contributed by atoms with van der Waals surface area (Å²) in [7, 11) is 0. The van der Waals surface area contributed by atoms with Gasteiger partial charge in [-0.3, -0.25) is 9.59 Å². The van der Waals surface area contributed by atoms with Crippen LogP contribution in [0.15, 0.2) is 24.3 Å². The molecule has 2 amide bonds. The minimum Gasteiger partial charge on any atom is -0.393 e. The molecule has 0 radical (unpaired) electrons. The highest BCUT2D eigenvalue weighted by atomic mass is 16.3. The molecule has 0 spiro atoms. The molecule has 6 nitrogen and oxygen atoms in total. The topological polar surface area (TPSA) is 98.7 Å². The fraction of sp³-hybridized carbons (Fsp3) is 0.818. The zero-order chi connectivity index (χ0) is 36.3. The van der Waals surface area contributed by atoms with E-state index < -0.39 is 0 Å². The molecule has 1 rings (SSSR count). The van der Waals surface area contributed by atoms with Crippen molar-refractivity contribution in [2.24, 2.45) is 0 Å². The van der Waals surface area contributed by atoms with Crippen molar-refractivity contribution in [3.05, 3.63) is 35.4 Å². The van der Waals surface area contributed by atoms with Gasteiger partial charge in [-0.05, 0) is 49.7 Å². The molecule has 1 aromatic rings. The van der Waals surface area contributed by atoms with Crippen molar-refractivity contribution in [2.75, 3.05) is 0 Å². The Kier molecular flexibility index (Phi) is 31.5. The summed E-state index contributed by atoms with van der Waals surface area (Å²) in [6, 6.07) is 8.03. The molecule has 290 valence electrons. The molecule has 0 saturated carbocycles. The summed E-state index contributed by atoms with van der Waals surface area (Å²) in [5.74, 6) is 0.191. The Hall–Kier alpha value is -1.92. The van der Waals surface area contributed by atoms with E-state index in [1.807, 2.05) is 24.3 Å². The van der Waals surface area contributed by atoms with Crippen LogP contribution in [0, 0.1) is 0 Å². The van der Waals surface area contributed by atoms with Crippen LogP contribution in [0.4, 0.5) is 0 Å². The van der Waals surface area contributed by atoms with Crippen LogP contribution < -0.4 is 10.6 Å². The standard InChI is InChI=1S/C44H80N2O4/c1-3-5-7-15-21-31-41(47)33-23-17-11-9-13-19-25-35-43(49)45-37-39-29-27-28-30-40(39)38-46-44(50)36-26-20-14-10-12-18-24-34-42(48)32-22-16-8-6-4-2/h27-30,41-42,47-48H,3-26,31-38H2,1-2H3,(H,45,49)(H,46,50). The van der Waals surface area contributed by atoms with E-state index in [0.717, 1.165) is 88.2 Å². The zero-order valence-corrected chi connectivity index (χ0v) is 32.8. The second-order valence-corrected chi connectivity index (χ2v) is 15.1. The summed E-state index contributed by atoms with van der Waals surface area (Å²) in [6.45, 7) is 5.45. The highest BCUT2D eigenvalue weighted by Crippen LogP contribution is 2.16. The summed E-state index contributed by atoms with van der Waals surface area (Å²) in [5, 5.41) is 26.5. The van der Waals surface area contributed by atoms with Crippen molar-refractivity contribution < 1.29 is 19.8 Å². The summed E-state index contributed by atoms with van der Waals surface area (Å²) in [4.78, 5) is 25.0. The summed E-state index contributed by atoms with van der Waals surface area (Å²) in [5.41, 5.74) is 2.12. The smallest absolute Gasteiger partial charge is 0.220 e. The molecule has 2 unspecified atom stereocenters. The van der Waals surface area contributed by atoms with Gasteiger partial charge in [-0.15, -0.1) is 0 Å². The second-order valence-electron chi connectivity index (χ2n) is 15.1. The van der Waals surface area contributed by atoms with Crippen molar-refractivity contribution in [1.82, 2.24) is 10.6 Å². The van der Waals surface area contributed by atoms with E-state index in [4.69, 9.17) is 0 Å². The van der Waals surface area contributed by atoms with E-state index in [1.54, 1.807) is 0 Å². The second kappa shape index (κ2) is 34.2. The number of aliphatic hydroxyl groups excluding tert-OH is 2. The highest BCUT2D eigenvalue weighted by molar-refractivity contribution is 5.76. The van der Waals surface area contributed by atoms with Gasteiger partial charge in [0.25, 0.3) is 0 Å². The molecular formula is C44H80N2O4. The van der Waals surface area contributed by atoms with Gasteiger partial charge < -0.3 is 20.8 Å². The number of carbonyl (C=O) groups excluding carboxylic acids is 2. The van der Waals surface area contributed by atoms with Crippen LogP contribution in [-0.2, 0) is 22.7 Å². The van der Waals surface area contributed by atoms with Crippen molar-refractivity contribution in [3.8, 4) is 0 Å². The molecule has 0 saturated heterocycles. The average molecular weight is 701 g/mol. The molecular weight excluding hydrogens is 620 g/mol. The number of hydrogen-bond donors (Lipinski definition) is 4. The SMILES string of the molecule is CCCCCCCC(O)CCCCCCCCCC(=O)NCc1ccccc1CNC(=O)CCCCCCCCCC(O)CCCCCCC. The third-order valence-electron chi connectivity index (χ3n) is 10.2. The van der Waals surface area contributed by atoms with Crippen molar-refractivity contribution >= 4 is 11.8 Å². The molecule has 0 aromatic heterocycles. The molecule has 2 atom stereocenters. The normalized spacial score (nSPS) is 12.6. The summed E-state index contributed by atoms with van der Waals surface area (Å²) >= 11 is 0. The van der Waals surface area contributed by atoms with Gasteiger partial charge >= 0.3 is 0 Å². The molecule has 0 heterocycles. The molecule has 1 aromatic carbocycles. The largest absolute Gasteiger partial charge is 0.393 e. The van der Waals surface area contributed by atoms with Crippen LogP contribution >= 0.6 is 0 Å². The van der Waals surface area contributed by atoms with E-state index in [0.29, 0.717) is 25.9 Å². The number of carbonyl (C=O) groups is 2. The summed E-state index contributed by atoms with van der Waals surface area (Å²) in [6.07, 6.45) is 33.1. The van der Waals surface area contributed by atoms with Gasteiger partial charge in [0.2, 0.25) is 11.8 Å². The van der Waals surface area contributed by atoms with Crippen molar-refractivity contribution in [1.29, 1.82) is 0 Å². The first kappa shape index (κ1) is 46.1. The maximum Gasteiger partial charge on any atom is 0.220 e. The third kappa shape index (κ3) is 28.7. The van der Waals surface area contributed by atoms with E-state index in [1.165, 1.54) is 103 Å². The van der Waals surface area contributed by atoms with Gasteiger partial charge in [-0.25, -0.2) is 0 Å². The molecule has 0 aliphatic rings. The van der Waals surface area contributed by atoms with Gasteiger partial charge in [0.15, 0.2) is 0 Å². The minimum absolute atomic E-state index is 0.0956. The monoisotopic (exact) mass is 701 g/mol. The van der Waals surface area contributed by atoms with Crippen LogP contribution in [0.2, 0.25) is 0 Å². The van der Waals surface area contributed by atoms with Crippen LogP contribution in [-0.4, -0.2) is 34.2 Å². The fourth-order valence-electron chi connectivity index (χ4n) is 6.82. The molecule has 0 aliphatic carbocycles. The van der Waals surface area contributed by atoms with E-state index >= 15 is 0 Å². The van der Waals surface area contributed by atoms with Crippen LogP contribution in [0.1, 0.15) is 218 Å². The lowest BCUT2D eigenvalue weighted by atomic mass is 10.0. The van der Waals surface area contributed by atoms with E-state index in [-0.39, 0.29) is 24.0 Å². The van der Waals surface area contributed by atoms with Gasteiger partial charge in [0.1, 0.15) is 0 Å². The van der Waals surface area contributed by atoms with E-state index in [9.17, 15) is 19.8 Å². The highest BCUT2D eigenvalue weighted by Gasteiger charge is 2.08. The van der Waals surface area contributed by atoms with Gasteiger partial charge in [-0.2, -0.15) is 0 Å². The van der Waals surface area contributed by atoms with Crippen LogP contribution in [0.25, 0.3) is 0 Å². The molecule has 0 bridgehead atoms. The first-order valence-corrected chi connectivity index (χ1v) is 21.4. The summed E-state index contributed by atoms with van der Waals surface area (Å²) < 4.78 is 0. The quantitative estimate of drug-likeness (QED) is 0.0524. The Morgan fingerprint density at radius 1 is 0.460 bits per heavy atom. The third-order valence-corrected chi connectivity index (χ3v) is 10.2. The minimum atomic E-state index is -0.117. The average Bonchev–Trinajstić information content (AvgIpc) is 3.11. The number of benzene rings is 1. The number of aliphatic hydroxyl groups is 2. The molecule has 0 fully saturated rings. The maximum atomic E-state index is 12.5. The molecule has 50 heavy (non-hydrogen) atoms. The first-order valence-electron chi connectivity index (χ1n) is 21.4. The predicted octanol–water partition coefficient (Wildman–Crippen LogP) is 11.4. The lowest BCUT2D eigenvalue weighted by molar-refractivity contribution is -0.122. The lowest BCUT2D eigenvalue weighted by Gasteiger charge is -2.12. The molecule has 4 N–H and O–H groups in total. The van der Waals surface area contributed by atoms with Gasteiger partial charge in [-0.1, -0.05) is 179 Å². The van der Waals surface area contributed by atoms with Gasteiger partial charge in [0.05, 0.1) is 12.2 Å². The predicted molar refractivity (Wildman–Crippen MR) is 212 cm³/mol. The number of nitrogens with one attached hydrogen (secondary N) is 2. The van der Waals surface area contributed by atoms with Gasteiger partial charge in [0, 0.05) is 25.9 Å². The zero-order valence-electron chi connectivity index (χ0n) is 32.8. The fourth-order valence-corrected chi connectivity index (χ4v) is 6.82. The number of unbranched alkanes of at least 4 members (excludes halogenated alkanes) is 20. The van der Waals surface area contributed by atoms with Crippen LogP contribution in [0.3, 0.4) is 0 Å². The Labute approximate surface area is 308 Å². The Morgan fingerprint density at radius 2 is 0.740 bits per heavy atom. The number of amides is 2. The Bertz CT molecular complexity index is 850. The van der Waals surface area contributed by atoms with Crippen molar-refractivity contribution in [3.63, 3.8) is 0 Å². The van der Waals surface area contributed by atoms with Crippen LogP contribution in [0.5, 0.6) is 0 Å². The lowest BCUT2D eigenvalue weighted by Crippen LogP contribution is -2.25. The maximum absolute atomic E-state index is 12.5. The molecule has 6 heteroatoms. The first-order chi connectivity index (χ1) is 24.5.